The van der Waals surface area contributed by atoms with Gasteiger partial charge in [-0.1, -0.05) is 0 Å². The van der Waals surface area contributed by atoms with Gasteiger partial charge in [0.15, 0.2) is 0 Å². The smallest absolute Gasteiger partial charge is 0.225 e. The molecule has 0 aromatic carbocycles. The molecule has 1 saturated heterocycles. The molecule has 1 aliphatic rings. The second kappa shape index (κ2) is 5.84. The molecule has 2 heterocycles. The number of morpholine rings is 1. The standard InChI is InChI=1S/C12H19N3O2/c1-15(9-10-2-3-13-7-10)12(16)6-11-8-14-4-5-17-11/h2-3,7,11,13-14H,4-6,8-9H2,1H3. The lowest BCUT2D eigenvalue weighted by Crippen LogP contribution is -2.41. The average Bonchev–Trinajstić information content (AvgIpc) is 2.83. The van der Waals surface area contributed by atoms with E-state index in [4.69, 9.17) is 4.74 Å². The maximum Gasteiger partial charge on any atom is 0.225 e. The van der Waals surface area contributed by atoms with E-state index in [0.717, 1.165) is 18.7 Å². The molecule has 5 nitrogen and oxygen atoms in total. The summed E-state index contributed by atoms with van der Waals surface area (Å²) in [6.45, 7) is 2.98. The quantitative estimate of drug-likeness (QED) is 0.794. The maximum absolute atomic E-state index is 11.9. The van der Waals surface area contributed by atoms with Crippen LogP contribution >= 0.6 is 0 Å². The van der Waals surface area contributed by atoms with Crippen LogP contribution in [0.5, 0.6) is 0 Å². The van der Waals surface area contributed by atoms with Crippen molar-refractivity contribution < 1.29 is 9.53 Å². The van der Waals surface area contributed by atoms with Crippen molar-refractivity contribution in [3.05, 3.63) is 24.0 Å². The van der Waals surface area contributed by atoms with Gasteiger partial charge in [-0.2, -0.15) is 0 Å². The average molecular weight is 237 g/mol. The van der Waals surface area contributed by atoms with Crippen LogP contribution in [-0.4, -0.2) is 48.6 Å². The number of aromatic nitrogens is 1. The van der Waals surface area contributed by atoms with Crippen LogP contribution in [0, 0.1) is 0 Å². The van der Waals surface area contributed by atoms with Crippen LogP contribution in [0.25, 0.3) is 0 Å². The first-order chi connectivity index (χ1) is 8.25. The first kappa shape index (κ1) is 12.1. The van der Waals surface area contributed by atoms with E-state index in [2.05, 4.69) is 10.3 Å². The monoisotopic (exact) mass is 237 g/mol. The molecule has 1 aliphatic heterocycles. The van der Waals surface area contributed by atoms with Crippen molar-refractivity contribution in [1.29, 1.82) is 0 Å². The van der Waals surface area contributed by atoms with Crippen molar-refractivity contribution >= 4 is 5.91 Å². The van der Waals surface area contributed by atoms with Crippen LogP contribution in [0.1, 0.15) is 12.0 Å². The van der Waals surface area contributed by atoms with E-state index in [9.17, 15) is 4.79 Å². The second-order valence-electron chi connectivity index (χ2n) is 4.37. The number of nitrogens with zero attached hydrogens (tertiary/aromatic N) is 1. The van der Waals surface area contributed by atoms with Gasteiger partial charge >= 0.3 is 0 Å². The number of ether oxygens (including phenoxy) is 1. The number of hydrogen-bond acceptors (Lipinski definition) is 3. The molecule has 0 saturated carbocycles. The lowest BCUT2D eigenvalue weighted by molar-refractivity contribution is -0.133. The van der Waals surface area contributed by atoms with E-state index in [1.807, 2.05) is 25.5 Å². The van der Waals surface area contributed by atoms with Crippen molar-refractivity contribution in [2.45, 2.75) is 19.1 Å². The topological polar surface area (TPSA) is 57.4 Å². The molecule has 0 aliphatic carbocycles. The predicted octanol–water partition coefficient (Wildman–Crippen LogP) is 0.352. The summed E-state index contributed by atoms with van der Waals surface area (Å²) in [6, 6.07) is 1.97. The van der Waals surface area contributed by atoms with E-state index >= 15 is 0 Å². The predicted molar refractivity (Wildman–Crippen MR) is 64.5 cm³/mol. The normalized spacial score (nSPS) is 20.2. The maximum atomic E-state index is 11.9. The minimum absolute atomic E-state index is 0.0184. The summed E-state index contributed by atoms with van der Waals surface area (Å²) < 4.78 is 5.52. The summed E-state index contributed by atoms with van der Waals surface area (Å²) in [5.41, 5.74) is 1.11. The minimum atomic E-state index is 0.0184. The van der Waals surface area contributed by atoms with E-state index in [1.165, 1.54) is 0 Å². The lowest BCUT2D eigenvalue weighted by Gasteiger charge is -2.25. The van der Waals surface area contributed by atoms with E-state index in [0.29, 0.717) is 19.6 Å². The van der Waals surface area contributed by atoms with Gasteiger partial charge in [-0.25, -0.2) is 0 Å². The number of carbonyl (C=O) groups excluding carboxylic acids is 1. The highest BCUT2D eigenvalue weighted by Gasteiger charge is 2.19. The molecule has 1 unspecified atom stereocenters. The molecule has 0 bridgehead atoms. The molecule has 5 heteroatoms. The van der Waals surface area contributed by atoms with Gasteiger partial charge in [-0.15, -0.1) is 0 Å². The summed E-state index contributed by atoms with van der Waals surface area (Å²) in [6.07, 6.45) is 4.24. The van der Waals surface area contributed by atoms with Crippen LogP contribution in [0.15, 0.2) is 18.5 Å². The summed E-state index contributed by atoms with van der Waals surface area (Å²) in [7, 11) is 1.82. The highest BCUT2D eigenvalue weighted by molar-refractivity contribution is 5.76. The van der Waals surface area contributed by atoms with Gasteiger partial charge in [0.1, 0.15) is 0 Å². The molecule has 17 heavy (non-hydrogen) atoms. The van der Waals surface area contributed by atoms with Crippen LogP contribution in [0.2, 0.25) is 0 Å². The molecular formula is C12H19N3O2. The number of rotatable bonds is 4. The Labute approximate surface area is 101 Å². The van der Waals surface area contributed by atoms with Crippen molar-refractivity contribution in [1.82, 2.24) is 15.2 Å². The zero-order chi connectivity index (χ0) is 12.1. The fourth-order valence-corrected chi connectivity index (χ4v) is 1.92. The number of H-pyrrole nitrogens is 1. The fourth-order valence-electron chi connectivity index (χ4n) is 1.92. The molecule has 1 aromatic rings. The third kappa shape index (κ3) is 3.57. The molecule has 2 N–H and O–H groups in total. The van der Waals surface area contributed by atoms with Gasteiger partial charge in [0, 0.05) is 39.1 Å². The number of hydrogen-bond donors (Lipinski definition) is 2. The molecule has 94 valence electrons. The van der Waals surface area contributed by atoms with E-state index in [1.54, 1.807) is 4.90 Å². The van der Waals surface area contributed by atoms with Crippen LogP contribution in [0.3, 0.4) is 0 Å². The Morgan fingerprint density at radius 2 is 2.53 bits per heavy atom. The highest BCUT2D eigenvalue weighted by atomic mass is 16.5. The first-order valence-corrected chi connectivity index (χ1v) is 5.93. The minimum Gasteiger partial charge on any atom is -0.375 e. The summed E-state index contributed by atoms with van der Waals surface area (Å²) in [5, 5.41) is 3.22. The lowest BCUT2D eigenvalue weighted by atomic mass is 10.2. The molecule has 1 fully saturated rings. The molecule has 2 rings (SSSR count). The first-order valence-electron chi connectivity index (χ1n) is 5.93. The SMILES string of the molecule is CN(Cc1cc[nH]c1)C(=O)CC1CNCCO1. The molecular weight excluding hydrogens is 218 g/mol. The van der Waals surface area contributed by atoms with Crippen molar-refractivity contribution in [2.75, 3.05) is 26.7 Å². The number of amides is 1. The Morgan fingerprint density at radius 1 is 1.65 bits per heavy atom. The third-order valence-electron chi connectivity index (χ3n) is 2.91. The Bertz CT molecular complexity index is 345. The van der Waals surface area contributed by atoms with Gasteiger partial charge in [-0.3, -0.25) is 4.79 Å². The zero-order valence-corrected chi connectivity index (χ0v) is 10.1. The highest BCUT2D eigenvalue weighted by Crippen LogP contribution is 2.07. The van der Waals surface area contributed by atoms with Crippen molar-refractivity contribution in [2.24, 2.45) is 0 Å². The Balaban J connectivity index is 1.78. The largest absolute Gasteiger partial charge is 0.375 e. The molecule has 0 radical (unpaired) electrons. The van der Waals surface area contributed by atoms with Gasteiger partial charge in [0.2, 0.25) is 5.91 Å². The summed E-state index contributed by atoms with van der Waals surface area (Å²) in [5.74, 6) is 0.125. The summed E-state index contributed by atoms with van der Waals surface area (Å²) >= 11 is 0. The van der Waals surface area contributed by atoms with E-state index < -0.39 is 0 Å². The molecule has 1 atom stereocenters. The van der Waals surface area contributed by atoms with E-state index in [-0.39, 0.29) is 12.0 Å². The van der Waals surface area contributed by atoms with Gasteiger partial charge < -0.3 is 19.9 Å². The van der Waals surface area contributed by atoms with Crippen LogP contribution < -0.4 is 5.32 Å². The van der Waals surface area contributed by atoms with Crippen molar-refractivity contribution in [3.8, 4) is 0 Å². The van der Waals surface area contributed by atoms with Gasteiger partial charge in [0.25, 0.3) is 0 Å². The second-order valence-corrected chi connectivity index (χ2v) is 4.37. The Hall–Kier alpha value is -1.33. The van der Waals surface area contributed by atoms with Gasteiger partial charge in [0.05, 0.1) is 19.1 Å². The third-order valence-corrected chi connectivity index (χ3v) is 2.91. The zero-order valence-electron chi connectivity index (χ0n) is 10.1. The number of nitrogens with one attached hydrogen (secondary N) is 2. The Kier molecular flexibility index (Phi) is 4.17. The van der Waals surface area contributed by atoms with Crippen molar-refractivity contribution in [3.63, 3.8) is 0 Å². The number of carbonyl (C=O) groups is 1. The fraction of sp³-hybridized carbons (Fsp3) is 0.583. The molecule has 1 amide bonds. The molecule has 1 aromatic heterocycles. The van der Waals surface area contributed by atoms with Crippen LogP contribution in [0.4, 0.5) is 0 Å². The van der Waals surface area contributed by atoms with Crippen LogP contribution in [-0.2, 0) is 16.1 Å². The Morgan fingerprint density at radius 3 is 3.18 bits per heavy atom. The number of aromatic amines is 1. The molecule has 0 spiro atoms. The van der Waals surface area contributed by atoms with Gasteiger partial charge in [-0.05, 0) is 11.6 Å². The summed E-state index contributed by atoms with van der Waals surface area (Å²) in [4.78, 5) is 16.7.